The van der Waals surface area contributed by atoms with Crippen LogP contribution in [0.5, 0.6) is 11.5 Å². The van der Waals surface area contributed by atoms with Crippen molar-refractivity contribution in [2.24, 2.45) is 0 Å². The number of ether oxygens (including phenoxy) is 2. The molecular weight excluding hydrogens is 268 g/mol. The molecule has 0 spiro atoms. The van der Waals surface area contributed by atoms with Crippen LogP contribution < -0.4 is 9.47 Å². The van der Waals surface area contributed by atoms with Gasteiger partial charge in [-0.2, -0.15) is 0 Å². The lowest BCUT2D eigenvalue weighted by Gasteiger charge is -2.20. The van der Waals surface area contributed by atoms with Gasteiger partial charge in [-0.1, -0.05) is 6.07 Å². The monoisotopic (exact) mass is 286 g/mol. The standard InChI is InChI=1S/C13H18O5S/c1-19(15,16)8-2-3-11(14)10-4-5-12-13(9-10)18-7-6-17-12/h4-5,9,11,14H,2-3,6-8H2,1H3. The molecule has 106 valence electrons. The lowest BCUT2D eigenvalue weighted by Crippen LogP contribution is -2.15. The van der Waals surface area contributed by atoms with Crippen LogP contribution in [0.4, 0.5) is 0 Å². The molecule has 1 unspecified atom stereocenters. The summed E-state index contributed by atoms with van der Waals surface area (Å²) in [5.41, 5.74) is 0.720. The van der Waals surface area contributed by atoms with Crippen molar-refractivity contribution in [2.75, 3.05) is 25.2 Å². The summed E-state index contributed by atoms with van der Waals surface area (Å²) in [6, 6.07) is 5.29. The SMILES string of the molecule is CS(=O)(=O)CCCC(O)c1ccc2c(c1)OCCO2. The zero-order chi connectivity index (χ0) is 13.9. The highest BCUT2D eigenvalue weighted by atomic mass is 32.2. The van der Waals surface area contributed by atoms with Crippen molar-refractivity contribution in [3.05, 3.63) is 23.8 Å². The Morgan fingerprint density at radius 2 is 1.95 bits per heavy atom. The molecule has 5 nitrogen and oxygen atoms in total. The van der Waals surface area contributed by atoms with Gasteiger partial charge in [0.1, 0.15) is 23.1 Å². The maximum atomic E-state index is 11.0. The number of fused-ring (bicyclic) bond motifs is 1. The van der Waals surface area contributed by atoms with Crippen molar-refractivity contribution >= 4 is 9.84 Å². The van der Waals surface area contributed by atoms with E-state index in [1.54, 1.807) is 18.2 Å². The van der Waals surface area contributed by atoms with Crippen LogP contribution in [-0.2, 0) is 9.84 Å². The summed E-state index contributed by atoms with van der Waals surface area (Å²) < 4.78 is 32.9. The fourth-order valence-electron chi connectivity index (χ4n) is 1.97. The number of sulfone groups is 1. The van der Waals surface area contributed by atoms with Crippen LogP contribution in [0.3, 0.4) is 0 Å². The molecule has 0 saturated heterocycles. The summed E-state index contributed by atoms with van der Waals surface area (Å²) in [6.07, 6.45) is 1.36. The highest BCUT2D eigenvalue weighted by Crippen LogP contribution is 2.33. The van der Waals surface area contributed by atoms with Gasteiger partial charge in [-0.25, -0.2) is 8.42 Å². The average Bonchev–Trinajstić information content (AvgIpc) is 2.36. The highest BCUT2D eigenvalue weighted by Gasteiger charge is 2.15. The molecule has 0 saturated carbocycles. The molecule has 0 fully saturated rings. The van der Waals surface area contributed by atoms with Gasteiger partial charge in [0.05, 0.1) is 6.10 Å². The Labute approximate surface area is 113 Å². The summed E-state index contributed by atoms with van der Waals surface area (Å²) in [7, 11) is -2.97. The van der Waals surface area contributed by atoms with Crippen molar-refractivity contribution < 1.29 is 23.0 Å². The van der Waals surface area contributed by atoms with Gasteiger partial charge >= 0.3 is 0 Å². The van der Waals surface area contributed by atoms with Crippen molar-refractivity contribution in [3.63, 3.8) is 0 Å². The molecule has 0 radical (unpaired) electrons. The van der Waals surface area contributed by atoms with Gasteiger partial charge in [0.2, 0.25) is 0 Å². The molecule has 0 aromatic heterocycles. The molecule has 0 amide bonds. The first-order valence-electron chi connectivity index (χ1n) is 6.21. The normalized spacial score (nSPS) is 16.1. The topological polar surface area (TPSA) is 72.8 Å². The van der Waals surface area contributed by atoms with E-state index in [1.807, 2.05) is 0 Å². The van der Waals surface area contributed by atoms with Crippen LogP contribution in [-0.4, -0.2) is 38.7 Å². The second-order valence-electron chi connectivity index (χ2n) is 4.69. The molecule has 1 heterocycles. The zero-order valence-corrected chi connectivity index (χ0v) is 11.6. The van der Waals surface area contributed by atoms with Gasteiger partial charge in [-0.3, -0.25) is 0 Å². The summed E-state index contributed by atoms with van der Waals surface area (Å²) >= 11 is 0. The number of benzene rings is 1. The van der Waals surface area contributed by atoms with E-state index in [1.165, 1.54) is 6.26 Å². The minimum absolute atomic E-state index is 0.0919. The maximum absolute atomic E-state index is 11.0. The van der Waals surface area contributed by atoms with Crippen molar-refractivity contribution in [1.29, 1.82) is 0 Å². The van der Waals surface area contributed by atoms with Gasteiger partial charge in [-0.15, -0.1) is 0 Å². The summed E-state index contributed by atoms with van der Waals surface area (Å²) in [5.74, 6) is 1.40. The lowest BCUT2D eigenvalue weighted by atomic mass is 10.0. The Morgan fingerprint density at radius 3 is 2.63 bits per heavy atom. The first kappa shape index (κ1) is 14.1. The lowest BCUT2D eigenvalue weighted by molar-refractivity contribution is 0.159. The minimum Gasteiger partial charge on any atom is -0.486 e. The molecule has 1 atom stereocenters. The first-order chi connectivity index (χ1) is 8.96. The Balaban J connectivity index is 1.97. The number of hydrogen-bond donors (Lipinski definition) is 1. The van der Waals surface area contributed by atoms with Gasteiger partial charge in [0.15, 0.2) is 11.5 Å². The van der Waals surface area contributed by atoms with Crippen LogP contribution in [0.1, 0.15) is 24.5 Å². The summed E-state index contributed by atoms with van der Waals surface area (Å²) in [5, 5.41) is 10.0. The van der Waals surface area contributed by atoms with E-state index in [0.717, 1.165) is 5.56 Å². The minimum atomic E-state index is -2.97. The summed E-state index contributed by atoms with van der Waals surface area (Å²) in [4.78, 5) is 0. The number of rotatable bonds is 5. The van der Waals surface area contributed by atoms with E-state index in [-0.39, 0.29) is 5.75 Å². The van der Waals surface area contributed by atoms with Crippen LogP contribution >= 0.6 is 0 Å². The number of aliphatic hydroxyl groups is 1. The molecule has 19 heavy (non-hydrogen) atoms. The quantitative estimate of drug-likeness (QED) is 0.883. The molecule has 1 aliphatic rings. The Kier molecular flexibility index (Phi) is 4.31. The Bertz CT molecular complexity index is 538. The van der Waals surface area contributed by atoms with Gasteiger partial charge in [0, 0.05) is 12.0 Å². The largest absolute Gasteiger partial charge is 0.486 e. The van der Waals surface area contributed by atoms with E-state index in [0.29, 0.717) is 37.6 Å². The van der Waals surface area contributed by atoms with E-state index in [2.05, 4.69) is 0 Å². The molecule has 1 aliphatic heterocycles. The predicted octanol–water partition coefficient (Wildman–Crippen LogP) is 1.32. The second-order valence-corrected chi connectivity index (χ2v) is 6.95. The molecule has 1 aromatic rings. The molecular formula is C13H18O5S. The summed E-state index contributed by atoms with van der Waals surface area (Å²) in [6.45, 7) is 1.03. The molecule has 0 bridgehead atoms. The Morgan fingerprint density at radius 1 is 1.26 bits per heavy atom. The van der Waals surface area contributed by atoms with E-state index in [4.69, 9.17) is 9.47 Å². The highest BCUT2D eigenvalue weighted by molar-refractivity contribution is 7.90. The van der Waals surface area contributed by atoms with Crippen LogP contribution in [0, 0.1) is 0 Å². The maximum Gasteiger partial charge on any atom is 0.161 e. The third-order valence-electron chi connectivity index (χ3n) is 2.94. The fourth-order valence-corrected chi connectivity index (χ4v) is 2.66. The van der Waals surface area contributed by atoms with Crippen LogP contribution in [0.25, 0.3) is 0 Å². The molecule has 1 N–H and O–H groups in total. The molecule has 2 rings (SSSR count). The average molecular weight is 286 g/mol. The van der Waals surface area contributed by atoms with Gasteiger partial charge < -0.3 is 14.6 Å². The van der Waals surface area contributed by atoms with Crippen molar-refractivity contribution in [2.45, 2.75) is 18.9 Å². The van der Waals surface area contributed by atoms with Crippen LogP contribution in [0.15, 0.2) is 18.2 Å². The predicted molar refractivity (Wildman–Crippen MR) is 71.3 cm³/mol. The molecule has 6 heteroatoms. The van der Waals surface area contributed by atoms with Gasteiger partial charge in [0.25, 0.3) is 0 Å². The van der Waals surface area contributed by atoms with E-state index in [9.17, 15) is 13.5 Å². The fraction of sp³-hybridized carbons (Fsp3) is 0.538. The smallest absolute Gasteiger partial charge is 0.161 e. The first-order valence-corrected chi connectivity index (χ1v) is 8.27. The van der Waals surface area contributed by atoms with E-state index >= 15 is 0 Å². The zero-order valence-electron chi connectivity index (χ0n) is 10.8. The van der Waals surface area contributed by atoms with E-state index < -0.39 is 15.9 Å². The Hall–Kier alpha value is -1.27. The molecule has 0 aliphatic carbocycles. The molecule has 1 aromatic carbocycles. The third-order valence-corrected chi connectivity index (χ3v) is 3.97. The van der Waals surface area contributed by atoms with Gasteiger partial charge in [-0.05, 0) is 30.5 Å². The van der Waals surface area contributed by atoms with Crippen LogP contribution in [0.2, 0.25) is 0 Å². The van der Waals surface area contributed by atoms with Crippen molar-refractivity contribution in [1.82, 2.24) is 0 Å². The van der Waals surface area contributed by atoms with Crippen molar-refractivity contribution in [3.8, 4) is 11.5 Å². The number of aliphatic hydroxyl groups excluding tert-OH is 1. The second kappa shape index (κ2) is 5.79. The third kappa shape index (κ3) is 4.11. The number of hydrogen-bond acceptors (Lipinski definition) is 5.